The molecule has 4 aromatic heterocycles. The fourth-order valence-corrected chi connectivity index (χ4v) is 7.60. The van der Waals surface area contributed by atoms with Crippen molar-refractivity contribution in [2.45, 2.75) is 58.2 Å². The maximum atomic E-state index is 13.0. The number of aromatic nitrogens is 6. The summed E-state index contributed by atoms with van der Waals surface area (Å²) in [4.78, 5) is 17.3. The van der Waals surface area contributed by atoms with E-state index < -0.39 is 5.97 Å². The van der Waals surface area contributed by atoms with Gasteiger partial charge in [0.2, 0.25) is 0 Å². The predicted molar refractivity (Wildman–Crippen MR) is 189 cm³/mol. The van der Waals surface area contributed by atoms with Crippen molar-refractivity contribution in [3.63, 3.8) is 0 Å². The number of aryl methyl sites for hydroxylation is 6. The van der Waals surface area contributed by atoms with Crippen LogP contribution >= 0.6 is 11.6 Å². The monoisotopic (exact) mass is 681 g/mol. The molecule has 0 spiro atoms. The minimum atomic E-state index is -0.418. The van der Waals surface area contributed by atoms with Crippen molar-refractivity contribution < 1.29 is 19.7 Å². The summed E-state index contributed by atoms with van der Waals surface area (Å²) < 4.78 is 11.1. The molecule has 2 aromatic carbocycles. The number of carbonyl (C=O) groups excluding carboxylic acids is 1. The van der Waals surface area contributed by atoms with Crippen LogP contribution in [0.25, 0.3) is 32.9 Å². The van der Waals surface area contributed by atoms with Gasteiger partial charge in [-0.15, -0.1) is 0 Å². The number of ether oxygens (including phenoxy) is 1. The highest BCUT2D eigenvalue weighted by Gasteiger charge is 2.30. The van der Waals surface area contributed by atoms with E-state index in [1.807, 2.05) is 47.6 Å². The maximum absolute atomic E-state index is 13.0. The average Bonchev–Trinajstić information content (AvgIpc) is 3.85. The summed E-state index contributed by atoms with van der Waals surface area (Å²) in [5.41, 5.74) is 9.75. The minimum absolute atomic E-state index is 0.0227. The number of esters is 1. The number of rotatable bonds is 12. The van der Waals surface area contributed by atoms with Crippen LogP contribution in [0.3, 0.4) is 0 Å². The Balaban J connectivity index is 1.14. The molecule has 1 aliphatic heterocycles. The van der Waals surface area contributed by atoms with Crippen molar-refractivity contribution in [1.82, 2.24) is 34.4 Å². The number of phenolic OH excluding ortho intramolecular Hbond substituents is 1. The normalized spacial score (nSPS) is 12.8. The van der Waals surface area contributed by atoms with Crippen LogP contribution in [0.1, 0.15) is 57.2 Å². The fraction of sp³-hybridized carbons (Fsp3) is 0.351. The molecule has 49 heavy (non-hydrogen) atoms. The molecule has 0 bridgehead atoms. The second-order valence-corrected chi connectivity index (χ2v) is 13.1. The number of carbonyl (C=O) groups is 1. The molecular weight excluding hydrogens is 642 g/mol. The second kappa shape index (κ2) is 13.7. The summed E-state index contributed by atoms with van der Waals surface area (Å²) in [5, 5.41) is 35.9. The number of halogens is 1. The molecule has 3 N–H and O–H groups in total. The summed E-state index contributed by atoms with van der Waals surface area (Å²) in [6, 6.07) is 13.7. The first-order valence-corrected chi connectivity index (χ1v) is 17.0. The Kier molecular flexibility index (Phi) is 9.15. The first-order valence-electron chi connectivity index (χ1n) is 16.7. The highest BCUT2D eigenvalue weighted by Crippen LogP contribution is 2.43. The van der Waals surface area contributed by atoms with Crippen molar-refractivity contribution >= 4 is 39.4 Å². The Morgan fingerprint density at radius 1 is 1.06 bits per heavy atom. The zero-order valence-electron chi connectivity index (χ0n) is 28.0. The van der Waals surface area contributed by atoms with Gasteiger partial charge in [-0.25, -0.2) is 4.79 Å². The summed E-state index contributed by atoms with van der Waals surface area (Å²) in [7, 11) is 5.22. The number of hydrogen-bond acceptors (Lipinski definition) is 8. The molecular formula is C37H40ClN7O4. The molecule has 0 atom stereocenters. The highest BCUT2D eigenvalue weighted by molar-refractivity contribution is 6.35. The number of nitrogens with one attached hydrogen (secondary N) is 1. The lowest BCUT2D eigenvalue weighted by Crippen LogP contribution is -2.15. The quantitative estimate of drug-likeness (QED) is 0.146. The summed E-state index contributed by atoms with van der Waals surface area (Å²) in [6.45, 7) is 1.92. The number of benzene rings is 2. The SMILES string of the molecule is COC(=O)c1c(CCCO)c2ccc(Cl)c(-c3c(CNCc4cc(CCc5cc(O)c6ncccc6c5)n(C)n4)nn4c3CCC4)c2n1C. The molecule has 11 nitrogen and oxygen atoms in total. The van der Waals surface area contributed by atoms with Crippen LogP contribution in [-0.4, -0.2) is 59.0 Å². The number of methoxy groups -OCH3 is 1. The Bertz CT molecular complexity index is 2200. The van der Waals surface area contributed by atoms with Gasteiger partial charge in [0.05, 0.1) is 29.0 Å². The number of aromatic hydroxyl groups is 1. The van der Waals surface area contributed by atoms with Gasteiger partial charge in [0.1, 0.15) is 17.0 Å². The molecule has 1 aliphatic rings. The van der Waals surface area contributed by atoms with E-state index in [1.54, 1.807) is 12.3 Å². The molecule has 6 aromatic rings. The molecule has 0 aliphatic carbocycles. The molecule has 0 saturated heterocycles. The predicted octanol–water partition coefficient (Wildman–Crippen LogP) is 5.42. The number of fused-ring (bicyclic) bond motifs is 3. The van der Waals surface area contributed by atoms with E-state index in [4.69, 9.17) is 26.5 Å². The van der Waals surface area contributed by atoms with Gasteiger partial charge < -0.3 is 24.8 Å². The lowest BCUT2D eigenvalue weighted by molar-refractivity contribution is 0.0589. The van der Waals surface area contributed by atoms with E-state index in [0.29, 0.717) is 42.2 Å². The Morgan fingerprint density at radius 3 is 2.73 bits per heavy atom. The Labute approximate surface area is 289 Å². The van der Waals surface area contributed by atoms with Crippen molar-refractivity contribution in [2.24, 2.45) is 14.1 Å². The summed E-state index contributed by atoms with van der Waals surface area (Å²) >= 11 is 7.02. The number of aliphatic hydroxyl groups is 1. The first-order chi connectivity index (χ1) is 23.8. The zero-order chi connectivity index (χ0) is 34.2. The van der Waals surface area contributed by atoms with Gasteiger partial charge in [0.15, 0.2) is 0 Å². The van der Waals surface area contributed by atoms with Gasteiger partial charge in [0.25, 0.3) is 0 Å². The van der Waals surface area contributed by atoms with Gasteiger partial charge in [-0.05, 0) is 80.0 Å². The first kappa shape index (κ1) is 32.8. The van der Waals surface area contributed by atoms with E-state index in [9.17, 15) is 15.0 Å². The molecule has 0 radical (unpaired) electrons. The molecule has 254 valence electrons. The van der Waals surface area contributed by atoms with Crippen LogP contribution in [0.15, 0.2) is 48.7 Å². The van der Waals surface area contributed by atoms with E-state index in [-0.39, 0.29) is 12.4 Å². The Hall–Kier alpha value is -4.71. The van der Waals surface area contributed by atoms with Gasteiger partial charge in [-0.2, -0.15) is 10.2 Å². The van der Waals surface area contributed by atoms with E-state index in [0.717, 1.165) is 93.5 Å². The number of pyridine rings is 1. The van der Waals surface area contributed by atoms with E-state index in [2.05, 4.69) is 27.1 Å². The number of aliphatic hydroxyl groups excluding tert-OH is 1. The van der Waals surface area contributed by atoms with Crippen LogP contribution in [-0.2, 0) is 64.1 Å². The number of hydrogen-bond donors (Lipinski definition) is 3. The molecule has 7 rings (SSSR count). The standard InChI is InChI=1S/C37H40ClN7O4/c1-43-35-27(26(8-6-16-46)36(43)37(48)49-3)12-13-28(38)32(35)33-29(42-45-15-5-9-30(33)45)21-39-20-24-19-25(44(2)41-24)11-10-22-17-23-7-4-14-40-34(23)31(47)18-22/h4,7,12-14,17-19,39,46-47H,5-6,8-11,15-16,20-21H2,1-3H3. The summed E-state index contributed by atoms with van der Waals surface area (Å²) in [6.07, 6.45) is 6.18. The minimum Gasteiger partial charge on any atom is -0.506 e. The zero-order valence-corrected chi connectivity index (χ0v) is 28.7. The Morgan fingerprint density at radius 2 is 1.92 bits per heavy atom. The van der Waals surface area contributed by atoms with Crippen LogP contribution in [0.2, 0.25) is 5.02 Å². The molecule has 0 amide bonds. The third-order valence-electron chi connectivity index (χ3n) is 9.58. The highest BCUT2D eigenvalue weighted by atomic mass is 35.5. The maximum Gasteiger partial charge on any atom is 0.354 e. The average molecular weight is 682 g/mol. The largest absolute Gasteiger partial charge is 0.506 e. The third kappa shape index (κ3) is 6.07. The van der Waals surface area contributed by atoms with Gasteiger partial charge in [-0.3, -0.25) is 14.3 Å². The molecule has 0 saturated carbocycles. The second-order valence-electron chi connectivity index (χ2n) is 12.7. The lowest BCUT2D eigenvalue weighted by Gasteiger charge is -2.12. The van der Waals surface area contributed by atoms with Crippen molar-refractivity contribution in [3.8, 4) is 16.9 Å². The van der Waals surface area contributed by atoms with E-state index >= 15 is 0 Å². The molecule has 0 fully saturated rings. The van der Waals surface area contributed by atoms with Crippen LogP contribution in [0, 0.1) is 0 Å². The van der Waals surface area contributed by atoms with Crippen LogP contribution < -0.4 is 5.32 Å². The number of nitrogens with zero attached hydrogens (tertiary/aromatic N) is 6. The smallest absolute Gasteiger partial charge is 0.354 e. The molecule has 0 unspecified atom stereocenters. The van der Waals surface area contributed by atoms with Crippen molar-refractivity contribution in [3.05, 3.63) is 93.3 Å². The van der Waals surface area contributed by atoms with Crippen LogP contribution in [0.4, 0.5) is 0 Å². The van der Waals surface area contributed by atoms with E-state index in [1.165, 1.54) is 7.11 Å². The van der Waals surface area contributed by atoms with Crippen molar-refractivity contribution in [1.29, 1.82) is 0 Å². The topological polar surface area (TPSA) is 132 Å². The fourth-order valence-electron chi connectivity index (χ4n) is 7.35. The van der Waals surface area contributed by atoms with Gasteiger partial charge in [0, 0.05) is 79.8 Å². The van der Waals surface area contributed by atoms with Crippen molar-refractivity contribution in [2.75, 3.05) is 13.7 Å². The van der Waals surface area contributed by atoms with Crippen LogP contribution in [0.5, 0.6) is 5.75 Å². The van der Waals surface area contributed by atoms with Gasteiger partial charge >= 0.3 is 5.97 Å². The summed E-state index contributed by atoms with van der Waals surface area (Å²) in [5.74, 6) is -0.221. The third-order valence-corrected chi connectivity index (χ3v) is 9.89. The lowest BCUT2D eigenvalue weighted by atomic mass is 9.97. The number of phenols is 1. The molecule has 12 heteroatoms. The van der Waals surface area contributed by atoms with Gasteiger partial charge in [-0.1, -0.05) is 23.7 Å². The molecule has 5 heterocycles.